The van der Waals surface area contributed by atoms with Gasteiger partial charge in [-0.2, -0.15) is 0 Å². The van der Waals surface area contributed by atoms with Crippen LogP contribution in [0.2, 0.25) is 0 Å². The molecule has 4 rings (SSSR count). The van der Waals surface area contributed by atoms with Crippen LogP contribution in [0.25, 0.3) is 20.7 Å². The molecule has 4 nitrogen and oxygen atoms in total. The van der Waals surface area contributed by atoms with Gasteiger partial charge in [-0.1, -0.05) is 37.3 Å². The number of pyridine rings is 1. The van der Waals surface area contributed by atoms with Crippen LogP contribution < -0.4 is 10.6 Å². The van der Waals surface area contributed by atoms with Crippen LogP contribution in [-0.4, -0.2) is 16.6 Å². The van der Waals surface area contributed by atoms with E-state index in [1.54, 1.807) is 23.5 Å². The monoisotopic (exact) mass is 375 g/mol. The number of nitrogens with zero attached hydrogens (tertiary/aromatic N) is 1. The smallest absolute Gasteiger partial charge is 0.117 e. The van der Waals surface area contributed by atoms with E-state index in [9.17, 15) is 5.11 Å². The first-order chi connectivity index (χ1) is 13.2. The SMILES string of the molecule is CCNCc1ccc(-c2cc3nccc(Nc4cccc(O)c4)c3s2)cc1. The molecule has 0 spiro atoms. The number of benzene rings is 2. The van der Waals surface area contributed by atoms with Crippen molar-refractivity contribution in [2.45, 2.75) is 13.5 Å². The summed E-state index contributed by atoms with van der Waals surface area (Å²) in [5, 5.41) is 16.4. The molecule has 0 saturated heterocycles. The first-order valence-corrected chi connectivity index (χ1v) is 9.79. The summed E-state index contributed by atoms with van der Waals surface area (Å²) in [6.45, 7) is 3.97. The number of nitrogens with one attached hydrogen (secondary N) is 2. The minimum absolute atomic E-state index is 0.245. The highest BCUT2D eigenvalue weighted by molar-refractivity contribution is 7.22. The number of fused-ring (bicyclic) bond motifs is 1. The number of aromatic hydroxyl groups is 1. The van der Waals surface area contributed by atoms with Crippen LogP contribution in [0.4, 0.5) is 11.4 Å². The standard InChI is InChI=1S/C22H21N3OS/c1-2-23-14-15-6-8-16(9-7-15)21-13-20-22(27-21)19(10-11-24-20)25-17-4-3-5-18(26)12-17/h3-13,23,26H,2,14H2,1H3,(H,24,25). The van der Waals surface area contributed by atoms with Crippen molar-refractivity contribution < 1.29 is 5.11 Å². The number of hydrogen-bond donors (Lipinski definition) is 3. The maximum atomic E-state index is 9.68. The lowest BCUT2D eigenvalue weighted by molar-refractivity contribution is 0.475. The van der Waals surface area contributed by atoms with E-state index in [1.165, 1.54) is 16.0 Å². The molecule has 0 saturated carbocycles. The molecule has 136 valence electrons. The maximum Gasteiger partial charge on any atom is 0.117 e. The molecule has 0 aliphatic carbocycles. The third-order valence-corrected chi connectivity index (χ3v) is 5.56. The minimum atomic E-state index is 0.245. The molecule has 2 aromatic carbocycles. The molecule has 27 heavy (non-hydrogen) atoms. The van der Waals surface area contributed by atoms with Gasteiger partial charge in [0.05, 0.1) is 15.9 Å². The summed E-state index contributed by atoms with van der Waals surface area (Å²) < 4.78 is 1.10. The Morgan fingerprint density at radius 3 is 2.67 bits per heavy atom. The Labute approximate surface area is 162 Å². The summed E-state index contributed by atoms with van der Waals surface area (Å²) in [6.07, 6.45) is 1.81. The first kappa shape index (κ1) is 17.5. The summed E-state index contributed by atoms with van der Waals surface area (Å²) >= 11 is 1.72. The maximum absolute atomic E-state index is 9.68. The normalized spacial score (nSPS) is 11.0. The van der Waals surface area contributed by atoms with Crippen molar-refractivity contribution in [1.29, 1.82) is 0 Å². The zero-order valence-corrected chi connectivity index (χ0v) is 15.9. The number of thiophene rings is 1. The Kier molecular flexibility index (Phi) is 5.05. The van der Waals surface area contributed by atoms with Crippen molar-refractivity contribution in [2.75, 3.05) is 11.9 Å². The predicted molar refractivity (Wildman–Crippen MR) is 114 cm³/mol. The van der Waals surface area contributed by atoms with Gasteiger partial charge in [-0.15, -0.1) is 11.3 Å². The highest BCUT2D eigenvalue weighted by Crippen LogP contribution is 2.37. The lowest BCUT2D eigenvalue weighted by atomic mass is 10.1. The van der Waals surface area contributed by atoms with Crippen molar-refractivity contribution in [2.24, 2.45) is 0 Å². The second-order valence-electron chi connectivity index (χ2n) is 6.34. The lowest BCUT2D eigenvalue weighted by Crippen LogP contribution is -2.11. The average molecular weight is 375 g/mol. The average Bonchev–Trinajstić information content (AvgIpc) is 3.12. The molecule has 0 unspecified atom stereocenters. The van der Waals surface area contributed by atoms with E-state index in [0.717, 1.165) is 34.7 Å². The molecule has 0 amide bonds. The Morgan fingerprint density at radius 1 is 1.04 bits per heavy atom. The van der Waals surface area contributed by atoms with Crippen LogP contribution in [0, 0.1) is 0 Å². The molecule has 0 radical (unpaired) electrons. The van der Waals surface area contributed by atoms with E-state index in [-0.39, 0.29) is 5.75 Å². The van der Waals surface area contributed by atoms with E-state index in [4.69, 9.17) is 0 Å². The molecular weight excluding hydrogens is 354 g/mol. The van der Waals surface area contributed by atoms with Crippen molar-refractivity contribution in [3.63, 3.8) is 0 Å². The second-order valence-corrected chi connectivity index (χ2v) is 7.39. The summed E-state index contributed by atoms with van der Waals surface area (Å²) in [5.74, 6) is 0.245. The van der Waals surface area contributed by atoms with E-state index in [2.05, 4.69) is 52.9 Å². The Morgan fingerprint density at radius 2 is 1.89 bits per heavy atom. The first-order valence-electron chi connectivity index (χ1n) is 8.97. The fourth-order valence-electron chi connectivity index (χ4n) is 2.97. The molecular formula is C22H21N3OS. The lowest BCUT2D eigenvalue weighted by Gasteiger charge is -2.07. The van der Waals surface area contributed by atoms with Gasteiger partial charge in [-0.05, 0) is 41.9 Å². The number of rotatable bonds is 6. The Balaban J connectivity index is 1.64. The number of hydrogen-bond acceptors (Lipinski definition) is 5. The van der Waals surface area contributed by atoms with E-state index >= 15 is 0 Å². The summed E-state index contributed by atoms with van der Waals surface area (Å²) in [6, 6.07) is 19.9. The van der Waals surface area contributed by atoms with Crippen LogP contribution in [0.15, 0.2) is 66.9 Å². The van der Waals surface area contributed by atoms with Gasteiger partial charge in [-0.3, -0.25) is 4.98 Å². The fraction of sp³-hybridized carbons (Fsp3) is 0.136. The van der Waals surface area contributed by atoms with Crippen molar-refractivity contribution in [3.05, 3.63) is 72.4 Å². The van der Waals surface area contributed by atoms with Crippen LogP contribution in [0.5, 0.6) is 5.75 Å². The second kappa shape index (κ2) is 7.78. The molecule has 0 bridgehead atoms. The topological polar surface area (TPSA) is 57.2 Å². The predicted octanol–water partition coefficient (Wildman–Crippen LogP) is 5.52. The third kappa shape index (κ3) is 3.94. The molecule has 5 heteroatoms. The fourth-order valence-corrected chi connectivity index (χ4v) is 4.06. The van der Waals surface area contributed by atoms with Crippen LogP contribution in [0.3, 0.4) is 0 Å². The third-order valence-electron chi connectivity index (χ3n) is 4.35. The minimum Gasteiger partial charge on any atom is -0.508 e. The Bertz CT molecular complexity index is 1060. The van der Waals surface area contributed by atoms with Gasteiger partial charge < -0.3 is 15.7 Å². The molecule has 4 aromatic rings. The van der Waals surface area contributed by atoms with Gasteiger partial charge in [0.2, 0.25) is 0 Å². The van der Waals surface area contributed by atoms with Gasteiger partial charge >= 0.3 is 0 Å². The van der Waals surface area contributed by atoms with Crippen molar-refractivity contribution >= 4 is 32.9 Å². The largest absolute Gasteiger partial charge is 0.508 e. The van der Waals surface area contributed by atoms with Crippen molar-refractivity contribution in [3.8, 4) is 16.2 Å². The molecule has 0 atom stereocenters. The van der Waals surface area contributed by atoms with Gasteiger partial charge in [0.15, 0.2) is 0 Å². The highest BCUT2D eigenvalue weighted by atomic mass is 32.1. The molecule has 0 fully saturated rings. The summed E-state index contributed by atoms with van der Waals surface area (Å²) in [5.41, 5.74) is 5.29. The quantitative estimate of drug-likeness (QED) is 0.415. The number of aromatic nitrogens is 1. The van der Waals surface area contributed by atoms with E-state index < -0.39 is 0 Å². The molecule has 2 aromatic heterocycles. The van der Waals surface area contributed by atoms with E-state index in [1.807, 2.05) is 24.4 Å². The van der Waals surface area contributed by atoms with Crippen LogP contribution in [-0.2, 0) is 6.54 Å². The van der Waals surface area contributed by atoms with Gasteiger partial charge in [0.25, 0.3) is 0 Å². The zero-order chi connectivity index (χ0) is 18.6. The van der Waals surface area contributed by atoms with Crippen LogP contribution in [0.1, 0.15) is 12.5 Å². The molecule has 0 aliphatic heterocycles. The molecule has 3 N–H and O–H groups in total. The van der Waals surface area contributed by atoms with Gasteiger partial charge in [0, 0.05) is 29.4 Å². The van der Waals surface area contributed by atoms with E-state index in [0.29, 0.717) is 0 Å². The van der Waals surface area contributed by atoms with Gasteiger partial charge in [-0.25, -0.2) is 0 Å². The highest BCUT2D eigenvalue weighted by Gasteiger charge is 2.10. The van der Waals surface area contributed by atoms with Crippen LogP contribution >= 0.6 is 11.3 Å². The summed E-state index contributed by atoms with van der Waals surface area (Å²) in [4.78, 5) is 5.71. The van der Waals surface area contributed by atoms with Gasteiger partial charge in [0.1, 0.15) is 5.75 Å². The summed E-state index contributed by atoms with van der Waals surface area (Å²) in [7, 11) is 0. The number of anilines is 2. The zero-order valence-electron chi connectivity index (χ0n) is 15.1. The number of phenolic OH excluding ortho intramolecular Hbond substituents is 1. The number of phenols is 1. The van der Waals surface area contributed by atoms with Crippen molar-refractivity contribution in [1.82, 2.24) is 10.3 Å². The molecule has 2 heterocycles. The molecule has 0 aliphatic rings. The Hall–Kier alpha value is -2.89.